The zero-order valence-electron chi connectivity index (χ0n) is 11.1. The molecule has 1 atom stereocenters. The van der Waals surface area contributed by atoms with Gasteiger partial charge in [0.2, 0.25) is 5.78 Å². The maximum atomic E-state index is 8.96. The van der Waals surface area contributed by atoms with Crippen LogP contribution in [0.5, 0.6) is 0 Å². The van der Waals surface area contributed by atoms with Crippen molar-refractivity contribution < 1.29 is 5.11 Å². The number of hydrogen-bond donors (Lipinski definition) is 1. The first kappa shape index (κ1) is 12.6. The Balaban J connectivity index is 1.69. The summed E-state index contributed by atoms with van der Waals surface area (Å²) < 4.78 is 1.97. The highest BCUT2D eigenvalue weighted by Crippen LogP contribution is 2.23. The lowest BCUT2D eigenvalue weighted by Gasteiger charge is -2.23. The summed E-state index contributed by atoms with van der Waals surface area (Å²) in [5, 5.41) is 8.96. The minimum atomic E-state index is 0.294. The fourth-order valence-corrected chi connectivity index (χ4v) is 2.92. The Hall–Kier alpha value is -1.46. The quantitative estimate of drug-likeness (QED) is 0.884. The van der Waals surface area contributed by atoms with E-state index in [0.717, 1.165) is 37.4 Å². The number of aliphatic hydroxyl groups excluding tert-OH is 1. The van der Waals surface area contributed by atoms with Crippen LogP contribution in [0.3, 0.4) is 0 Å². The largest absolute Gasteiger partial charge is 0.396 e. The van der Waals surface area contributed by atoms with Crippen molar-refractivity contribution in [2.24, 2.45) is 0 Å². The summed E-state index contributed by atoms with van der Waals surface area (Å²) in [4.78, 5) is 11.3. The fraction of sp³-hybridized carbons (Fsp3) is 0.571. The molecule has 3 rings (SSSR count). The van der Waals surface area contributed by atoms with Crippen molar-refractivity contribution >= 4 is 5.78 Å². The van der Waals surface area contributed by atoms with E-state index < -0.39 is 0 Å². The number of fused-ring (bicyclic) bond motifs is 1. The van der Waals surface area contributed by atoms with Crippen LogP contribution in [0.25, 0.3) is 5.78 Å². The number of imidazole rings is 1. The molecule has 0 bridgehead atoms. The first-order valence-corrected chi connectivity index (χ1v) is 7.00. The molecule has 0 amide bonds. The van der Waals surface area contributed by atoms with E-state index in [9.17, 15) is 0 Å². The first-order valence-electron chi connectivity index (χ1n) is 7.00. The van der Waals surface area contributed by atoms with E-state index in [1.54, 1.807) is 6.20 Å². The molecule has 0 aliphatic carbocycles. The SMILES string of the molecule is OCCCC1CCCN1Cc1cn2cccnc2n1. The molecule has 0 aromatic carbocycles. The molecular weight excluding hydrogens is 240 g/mol. The van der Waals surface area contributed by atoms with Gasteiger partial charge < -0.3 is 5.11 Å². The second-order valence-corrected chi connectivity index (χ2v) is 5.19. The molecule has 1 aliphatic heterocycles. The summed E-state index contributed by atoms with van der Waals surface area (Å²) in [6.45, 7) is 2.32. The van der Waals surface area contributed by atoms with Crippen molar-refractivity contribution in [1.82, 2.24) is 19.3 Å². The van der Waals surface area contributed by atoms with Crippen LogP contribution in [-0.4, -0.2) is 43.6 Å². The molecule has 1 N–H and O–H groups in total. The first-order chi connectivity index (χ1) is 9.36. The van der Waals surface area contributed by atoms with Crippen LogP contribution in [0.1, 0.15) is 31.4 Å². The van der Waals surface area contributed by atoms with Gasteiger partial charge in [0.1, 0.15) is 0 Å². The average Bonchev–Trinajstić information content (AvgIpc) is 3.02. The van der Waals surface area contributed by atoms with Crippen LogP contribution in [0, 0.1) is 0 Å². The molecule has 19 heavy (non-hydrogen) atoms. The van der Waals surface area contributed by atoms with Gasteiger partial charge in [-0.25, -0.2) is 9.97 Å². The molecule has 5 nitrogen and oxygen atoms in total. The third-order valence-corrected chi connectivity index (χ3v) is 3.85. The zero-order valence-corrected chi connectivity index (χ0v) is 11.1. The summed E-state index contributed by atoms with van der Waals surface area (Å²) >= 11 is 0. The molecule has 0 spiro atoms. The van der Waals surface area contributed by atoms with E-state index >= 15 is 0 Å². The molecular formula is C14H20N4O. The second kappa shape index (κ2) is 5.67. The molecule has 102 valence electrons. The number of aliphatic hydroxyl groups is 1. The third kappa shape index (κ3) is 2.77. The van der Waals surface area contributed by atoms with Gasteiger partial charge in [-0.1, -0.05) is 0 Å². The van der Waals surface area contributed by atoms with Gasteiger partial charge in [-0.3, -0.25) is 9.30 Å². The fourth-order valence-electron chi connectivity index (χ4n) is 2.92. The van der Waals surface area contributed by atoms with E-state index in [2.05, 4.69) is 21.1 Å². The Bertz CT molecular complexity index is 506. The minimum absolute atomic E-state index is 0.294. The summed E-state index contributed by atoms with van der Waals surface area (Å²) in [5.74, 6) is 0.767. The summed E-state index contributed by atoms with van der Waals surface area (Å²) in [7, 11) is 0. The molecule has 1 saturated heterocycles. The van der Waals surface area contributed by atoms with E-state index in [1.807, 2.05) is 16.7 Å². The van der Waals surface area contributed by atoms with Crippen LogP contribution >= 0.6 is 0 Å². The van der Waals surface area contributed by atoms with Crippen molar-refractivity contribution in [1.29, 1.82) is 0 Å². The summed E-state index contributed by atoms with van der Waals surface area (Å²) in [5.41, 5.74) is 1.08. The van der Waals surface area contributed by atoms with Crippen LogP contribution < -0.4 is 0 Å². The van der Waals surface area contributed by atoms with Gasteiger partial charge >= 0.3 is 0 Å². The minimum Gasteiger partial charge on any atom is -0.396 e. The lowest BCUT2D eigenvalue weighted by molar-refractivity contribution is 0.208. The summed E-state index contributed by atoms with van der Waals surface area (Å²) in [6.07, 6.45) is 10.3. The predicted molar refractivity (Wildman–Crippen MR) is 72.7 cm³/mol. The molecule has 3 heterocycles. The van der Waals surface area contributed by atoms with Crippen LogP contribution in [-0.2, 0) is 6.54 Å². The van der Waals surface area contributed by atoms with Gasteiger partial charge in [-0.2, -0.15) is 0 Å². The third-order valence-electron chi connectivity index (χ3n) is 3.85. The lowest BCUT2D eigenvalue weighted by atomic mass is 10.1. The number of aromatic nitrogens is 3. The highest BCUT2D eigenvalue weighted by Gasteiger charge is 2.24. The Kier molecular flexibility index (Phi) is 3.75. The zero-order chi connectivity index (χ0) is 13.1. The van der Waals surface area contributed by atoms with E-state index in [-0.39, 0.29) is 0 Å². The highest BCUT2D eigenvalue weighted by atomic mass is 16.2. The molecule has 1 fully saturated rings. The number of hydrogen-bond acceptors (Lipinski definition) is 4. The Morgan fingerprint density at radius 1 is 1.42 bits per heavy atom. The van der Waals surface area contributed by atoms with E-state index in [4.69, 9.17) is 5.11 Å². The number of nitrogens with zero attached hydrogens (tertiary/aromatic N) is 4. The number of rotatable bonds is 5. The van der Waals surface area contributed by atoms with Crippen LogP contribution in [0.15, 0.2) is 24.7 Å². The van der Waals surface area contributed by atoms with Gasteiger partial charge in [-0.15, -0.1) is 0 Å². The van der Waals surface area contributed by atoms with Gasteiger partial charge in [0.25, 0.3) is 0 Å². The Morgan fingerprint density at radius 3 is 3.21 bits per heavy atom. The van der Waals surface area contributed by atoms with Crippen LogP contribution in [0.2, 0.25) is 0 Å². The molecule has 2 aromatic rings. The topological polar surface area (TPSA) is 53.7 Å². The van der Waals surface area contributed by atoms with Crippen molar-refractivity contribution in [3.05, 3.63) is 30.4 Å². The number of likely N-dealkylation sites (tertiary alicyclic amines) is 1. The molecule has 0 radical (unpaired) electrons. The van der Waals surface area contributed by atoms with Crippen molar-refractivity contribution in [3.63, 3.8) is 0 Å². The standard InChI is InChI=1S/C14H20N4O/c19-9-2-5-13-4-1-7-17(13)10-12-11-18-8-3-6-15-14(18)16-12/h3,6,8,11,13,19H,1-2,4-5,7,9-10H2. The normalized spacial score (nSPS) is 20.4. The average molecular weight is 260 g/mol. The smallest absolute Gasteiger partial charge is 0.233 e. The molecule has 2 aromatic heterocycles. The van der Waals surface area contributed by atoms with Gasteiger partial charge in [0.05, 0.1) is 5.69 Å². The van der Waals surface area contributed by atoms with Crippen molar-refractivity contribution in [2.75, 3.05) is 13.2 Å². The van der Waals surface area contributed by atoms with E-state index in [0.29, 0.717) is 12.6 Å². The van der Waals surface area contributed by atoms with Gasteiger partial charge in [-0.05, 0) is 38.3 Å². The van der Waals surface area contributed by atoms with Gasteiger partial charge in [0.15, 0.2) is 0 Å². The molecule has 0 saturated carbocycles. The van der Waals surface area contributed by atoms with Crippen LogP contribution in [0.4, 0.5) is 0 Å². The Labute approximate surface area is 112 Å². The monoisotopic (exact) mass is 260 g/mol. The maximum Gasteiger partial charge on any atom is 0.233 e. The maximum absolute atomic E-state index is 8.96. The van der Waals surface area contributed by atoms with Crippen molar-refractivity contribution in [3.8, 4) is 0 Å². The summed E-state index contributed by atoms with van der Waals surface area (Å²) in [6, 6.07) is 2.52. The highest BCUT2D eigenvalue weighted by molar-refractivity contribution is 5.29. The lowest BCUT2D eigenvalue weighted by Crippen LogP contribution is -2.29. The Morgan fingerprint density at radius 2 is 2.37 bits per heavy atom. The van der Waals surface area contributed by atoms with Crippen molar-refractivity contribution in [2.45, 2.75) is 38.3 Å². The second-order valence-electron chi connectivity index (χ2n) is 5.19. The molecule has 1 unspecified atom stereocenters. The van der Waals surface area contributed by atoms with Gasteiger partial charge in [0, 0.05) is 37.8 Å². The predicted octanol–water partition coefficient (Wildman–Crippen LogP) is 1.47. The van der Waals surface area contributed by atoms with E-state index in [1.165, 1.54) is 12.8 Å². The molecule has 5 heteroatoms. The molecule has 1 aliphatic rings.